The van der Waals surface area contributed by atoms with Gasteiger partial charge in [0.15, 0.2) is 0 Å². The molecule has 1 amide bonds. The van der Waals surface area contributed by atoms with E-state index in [1.165, 1.54) is 7.11 Å². The van der Waals surface area contributed by atoms with Crippen LogP contribution in [0.5, 0.6) is 0 Å². The fourth-order valence-electron chi connectivity index (χ4n) is 1.19. The number of hydrogen-bond acceptors (Lipinski definition) is 5. The number of carbonyl (C=O) groups excluding carboxylic acids is 2. The third kappa shape index (κ3) is 9.77. The van der Waals surface area contributed by atoms with Crippen LogP contribution < -0.4 is 5.32 Å². The predicted octanol–water partition coefficient (Wildman–Crippen LogP) is -0.157. The van der Waals surface area contributed by atoms with Crippen LogP contribution in [-0.4, -0.2) is 50.0 Å². The van der Waals surface area contributed by atoms with E-state index in [1.807, 2.05) is 0 Å². The molecular formula is C11H21NO5. The van der Waals surface area contributed by atoms with Gasteiger partial charge in [0.05, 0.1) is 25.7 Å². The van der Waals surface area contributed by atoms with Crippen LogP contribution in [0.25, 0.3) is 0 Å². The second-order valence-corrected chi connectivity index (χ2v) is 3.55. The zero-order valence-electron chi connectivity index (χ0n) is 10.4. The first-order valence-corrected chi connectivity index (χ1v) is 5.69. The molecule has 0 saturated heterocycles. The average Bonchev–Trinajstić information content (AvgIpc) is 2.27. The molecule has 0 rings (SSSR count). The summed E-state index contributed by atoms with van der Waals surface area (Å²) in [6.45, 7) is 2.66. The van der Waals surface area contributed by atoms with Crippen LogP contribution in [-0.2, 0) is 19.1 Å². The topological polar surface area (TPSA) is 84.9 Å². The van der Waals surface area contributed by atoms with E-state index in [0.717, 1.165) is 0 Å². The number of carbonyl (C=O) groups is 2. The maximum Gasteiger partial charge on any atom is 0.306 e. The first-order chi connectivity index (χ1) is 8.10. The first-order valence-electron chi connectivity index (χ1n) is 5.69. The van der Waals surface area contributed by atoms with Gasteiger partial charge in [0.2, 0.25) is 5.91 Å². The zero-order valence-corrected chi connectivity index (χ0v) is 10.4. The molecule has 0 aliphatic rings. The van der Waals surface area contributed by atoms with Crippen LogP contribution in [0.2, 0.25) is 0 Å². The van der Waals surface area contributed by atoms with Crippen molar-refractivity contribution in [2.45, 2.75) is 32.3 Å². The van der Waals surface area contributed by atoms with Gasteiger partial charge in [-0.15, -0.1) is 0 Å². The summed E-state index contributed by atoms with van der Waals surface area (Å²) >= 11 is 0. The van der Waals surface area contributed by atoms with Gasteiger partial charge >= 0.3 is 5.97 Å². The van der Waals surface area contributed by atoms with Gasteiger partial charge in [-0.3, -0.25) is 9.59 Å². The van der Waals surface area contributed by atoms with Crippen molar-refractivity contribution in [2.24, 2.45) is 0 Å². The highest BCUT2D eigenvalue weighted by molar-refractivity contribution is 5.81. The normalized spacial score (nSPS) is 11.9. The van der Waals surface area contributed by atoms with Gasteiger partial charge in [0.1, 0.15) is 0 Å². The van der Waals surface area contributed by atoms with Crippen molar-refractivity contribution in [3.05, 3.63) is 0 Å². The lowest BCUT2D eigenvalue weighted by Gasteiger charge is -2.09. The molecule has 6 nitrogen and oxygen atoms in total. The lowest BCUT2D eigenvalue weighted by atomic mass is 10.2. The molecule has 1 unspecified atom stereocenters. The van der Waals surface area contributed by atoms with Gasteiger partial charge < -0.3 is 19.9 Å². The Hall–Kier alpha value is -1.14. The van der Waals surface area contributed by atoms with E-state index >= 15 is 0 Å². The number of hydrogen-bond donors (Lipinski definition) is 2. The minimum atomic E-state index is -0.578. The minimum Gasteiger partial charge on any atom is -0.466 e. The number of methoxy groups -OCH3 is 1. The third-order valence-corrected chi connectivity index (χ3v) is 2.02. The SMILES string of the molecule is CCOC(=O)CCC(=O)NCCC(O)COC. The predicted molar refractivity (Wildman–Crippen MR) is 61.4 cm³/mol. The van der Waals surface area contributed by atoms with Gasteiger partial charge in [0.25, 0.3) is 0 Å². The van der Waals surface area contributed by atoms with Gasteiger partial charge in [-0.1, -0.05) is 0 Å². The Morgan fingerprint density at radius 2 is 2.06 bits per heavy atom. The van der Waals surface area contributed by atoms with Crippen LogP contribution in [0.15, 0.2) is 0 Å². The van der Waals surface area contributed by atoms with E-state index in [0.29, 0.717) is 19.6 Å². The summed E-state index contributed by atoms with van der Waals surface area (Å²) in [6, 6.07) is 0. The van der Waals surface area contributed by atoms with Crippen molar-refractivity contribution < 1.29 is 24.2 Å². The van der Waals surface area contributed by atoms with Crippen LogP contribution >= 0.6 is 0 Å². The fraction of sp³-hybridized carbons (Fsp3) is 0.818. The van der Waals surface area contributed by atoms with Crippen molar-refractivity contribution in [2.75, 3.05) is 26.9 Å². The number of ether oxygens (including phenoxy) is 2. The molecule has 0 aromatic heterocycles. The van der Waals surface area contributed by atoms with Crippen LogP contribution in [0.1, 0.15) is 26.2 Å². The quantitative estimate of drug-likeness (QED) is 0.553. The van der Waals surface area contributed by atoms with Crippen LogP contribution in [0, 0.1) is 0 Å². The Morgan fingerprint density at radius 3 is 2.65 bits per heavy atom. The Bertz CT molecular complexity index is 232. The molecule has 0 heterocycles. The lowest BCUT2D eigenvalue weighted by Crippen LogP contribution is -2.28. The molecule has 0 aliphatic carbocycles. The first kappa shape index (κ1) is 15.9. The highest BCUT2D eigenvalue weighted by atomic mass is 16.5. The third-order valence-electron chi connectivity index (χ3n) is 2.02. The van der Waals surface area contributed by atoms with Crippen LogP contribution in [0.3, 0.4) is 0 Å². The van der Waals surface area contributed by atoms with E-state index < -0.39 is 6.10 Å². The number of nitrogens with one attached hydrogen (secondary N) is 1. The molecule has 100 valence electrons. The van der Waals surface area contributed by atoms with E-state index in [4.69, 9.17) is 9.47 Å². The molecule has 0 radical (unpaired) electrons. The maximum atomic E-state index is 11.3. The number of esters is 1. The summed E-state index contributed by atoms with van der Waals surface area (Å²) in [4.78, 5) is 22.2. The molecule has 1 atom stereocenters. The Kier molecular flexibility index (Phi) is 9.37. The molecule has 6 heteroatoms. The Labute approximate surface area is 101 Å². The van der Waals surface area contributed by atoms with Crippen molar-refractivity contribution >= 4 is 11.9 Å². The van der Waals surface area contributed by atoms with E-state index in [-0.39, 0.29) is 31.3 Å². The Morgan fingerprint density at radius 1 is 1.35 bits per heavy atom. The average molecular weight is 247 g/mol. The van der Waals surface area contributed by atoms with Crippen molar-refractivity contribution in [1.82, 2.24) is 5.32 Å². The molecule has 17 heavy (non-hydrogen) atoms. The molecule has 0 spiro atoms. The zero-order chi connectivity index (χ0) is 13.1. The maximum absolute atomic E-state index is 11.3. The smallest absolute Gasteiger partial charge is 0.306 e. The molecule has 0 aromatic rings. The number of amides is 1. The minimum absolute atomic E-state index is 0.0836. The molecule has 0 fully saturated rings. The summed E-state index contributed by atoms with van der Waals surface area (Å²) in [7, 11) is 1.50. The van der Waals surface area contributed by atoms with Crippen LogP contribution in [0.4, 0.5) is 0 Å². The van der Waals surface area contributed by atoms with Gasteiger partial charge in [0, 0.05) is 20.1 Å². The molecular weight excluding hydrogens is 226 g/mol. The number of rotatable bonds is 9. The molecule has 2 N–H and O–H groups in total. The summed E-state index contributed by atoms with van der Waals surface area (Å²) in [6.07, 6.45) is 0.0451. The Balaban J connectivity index is 3.49. The number of aliphatic hydroxyl groups is 1. The summed E-state index contributed by atoms with van der Waals surface area (Å²) in [5.41, 5.74) is 0. The molecule has 0 saturated carbocycles. The largest absolute Gasteiger partial charge is 0.466 e. The highest BCUT2D eigenvalue weighted by Gasteiger charge is 2.08. The summed E-state index contributed by atoms with van der Waals surface area (Å²) in [5.74, 6) is -0.593. The van der Waals surface area contributed by atoms with Crippen molar-refractivity contribution in [3.8, 4) is 0 Å². The highest BCUT2D eigenvalue weighted by Crippen LogP contribution is 1.94. The van der Waals surface area contributed by atoms with Gasteiger partial charge in [-0.25, -0.2) is 0 Å². The second kappa shape index (κ2) is 10.0. The fourth-order valence-corrected chi connectivity index (χ4v) is 1.19. The van der Waals surface area contributed by atoms with Crippen molar-refractivity contribution in [3.63, 3.8) is 0 Å². The van der Waals surface area contributed by atoms with E-state index in [1.54, 1.807) is 6.92 Å². The van der Waals surface area contributed by atoms with Crippen molar-refractivity contribution in [1.29, 1.82) is 0 Å². The lowest BCUT2D eigenvalue weighted by molar-refractivity contribution is -0.144. The summed E-state index contributed by atoms with van der Waals surface area (Å²) < 4.78 is 9.43. The van der Waals surface area contributed by atoms with Gasteiger partial charge in [-0.2, -0.15) is 0 Å². The van der Waals surface area contributed by atoms with Gasteiger partial charge in [-0.05, 0) is 13.3 Å². The standard InChI is InChI=1S/C11H21NO5/c1-3-17-11(15)5-4-10(14)12-7-6-9(13)8-16-2/h9,13H,3-8H2,1-2H3,(H,12,14). The molecule has 0 aromatic carbocycles. The molecule has 0 aliphatic heterocycles. The van der Waals surface area contributed by atoms with E-state index in [9.17, 15) is 14.7 Å². The summed E-state index contributed by atoms with van der Waals surface area (Å²) in [5, 5.41) is 11.9. The monoisotopic (exact) mass is 247 g/mol. The number of aliphatic hydroxyl groups excluding tert-OH is 1. The second-order valence-electron chi connectivity index (χ2n) is 3.55. The molecule has 0 bridgehead atoms. The van der Waals surface area contributed by atoms with E-state index in [2.05, 4.69) is 5.32 Å².